The fourth-order valence-corrected chi connectivity index (χ4v) is 3.28. The van der Waals surface area contributed by atoms with Gasteiger partial charge in [0.2, 0.25) is 11.7 Å². The molecule has 1 aliphatic heterocycles. The summed E-state index contributed by atoms with van der Waals surface area (Å²) in [6.45, 7) is 0.503. The van der Waals surface area contributed by atoms with Crippen LogP contribution in [0.1, 0.15) is 31.2 Å². The van der Waals surface area contributed by atoms with Gasteiger partial charge in [-0.25, -0.2) is 13.6 Å². The summed E-state index contributed by atoms with van der Waals surface area (Å²) >= 11 is 0. The van der Waals surface area contributed by atoms with Gasteiger partial charge in [-0.05, 0) is 31.4 Å². The van der Waals surface area contributed by atoms with E-state index in [4.69, 9.17) is 4.52 Å². The fourth-order valence-electron chi connectivity index (χ4n) is 3.28. The molecule has 28 heavy (non-hydrogen) atoms. The molecule has 1 fully saturated rings. The molecule has 0 radical (unpaired) electrons. The van der Waals surface area contributed by atoms with Gasteiger partial charge in [0.15, 0.2) is 11.6 Å². The van der Waals surface area contributed by atoms with Crippen molar-refractivity contribution < 1.29 is 18.1 Å². The van der Waals surface area contributed by atoms with Crippen LogP contribution in [0.2, 0.25) is 0 Å². The van der Waals surface area contributed by atoms with Crippen molar-refractivity contribution in [2.24, 2.45) is 0 Å². The van der Waals surface area contributed by atoms with E-state index in [1.54, 1.807) is 4.90 Å². The summed E-state index contributed by atoms with van der Waals surface area (Å²) < 4.78 is 31.9. The number of anilines is 1. The second-order valence-electron chi connectivity index (χ2n) is 6.59. The maximum Gasteiger partial charge on any atom is 0.322 e. The van der Waals surface area contributed by atoms with E-state index in [2.05, 4.69) is 15.5 Å². The fraction of sp³-hybridized carbons (Fsp3) is 0.250. The van der Waals surface area contributed by atoms with Crippen molar-refractivity contribution >= 4 is 11.7 Å². The number of halogens is 2. The average molecular weight is 384 g/mol. The molecule has 1 aliphatic rings. The highest BCUT2D eigenvalue weighted by Crippen LogP contribution is 2.31. The van der Waals surface area contributed by atoms with Crippen LogP contribution in [0.5, 0.6) is 0 Å². The first-order valence-corrected chi connectivity index (χ1v) is 9.03. The van der Waals surface area contributed by atoms with Crippen LogP contribution < -0.4 is 5.32 Å². The van der Waals surface area contributed by atoms with Crippen LogP contribution in [0.4, 0.5) is 19.3 Å². The Balaban J connectivity index is 1.53. The second kappa shape index (κ2) is 7.75. The van der Waals surface area contributed by atoms with Crippen LogP contribution >= 0.6 is 0 Å². The number of amides is 2. The number of nitrogens with zero attached hydrogens (tertiary/aromatic N) is 3. The second-order valence-corrected chi connectivity index (χ2v) is 6.59. The average Bonchev–Trinajstić information content (AvgIpc) is 3.21. The van der Waals surface area contributed by atoms with E-state index < -0.39 is 17.7 Å². The lowest BCUT2D eigenvalue weighted by molar-refractivity contribution is 0.142. The standard InChI is InChI=1S/C20H18F2N4O2/c21-15-10-9-14(12-16(15)22)23-20(27)26-11-5-4-8-17(26)19-24-18(25-28-19)13-6-2-1-3-7-13/h1-3,6-7,9-10,12,17H,4-5,8,11H2,(H,23,27)/t17-/m0/s1. The maximum atomic E-state index is 13.4. The Bertz CT molecular complexity index is 977. The molecule has 0 unspecified atom stereocenters. The minimum absolute atomic E-state index is 0.184. The van der Waals surface area contributed by atoms with Gasteiger partial charge in [0, 0.05) is 23.9 Å². The number of piperidine rings is 1. The molecule has 1 saturated heterocycles. The SMILES string of the molecule is O=C(Nc1ccc(F)c(F)c1)N1CCCC[C@H]1c1nc(-c2ccccc2)no1. The molecule has 1 aromatic heterocycles. The highest BCUT2D eigenvalue weighted by atomic mass is 19.2. The van der Waals surface area contributed by atoms with E-state index in [-0.39, 0.29) is 11.7 Å². The van der Waals surface area contributed by atoms with E-state index in [0.717, 1.165) is 30.5 Å². The van der Waals surface area contributed by atoms with Gasteiger partial charge in [-0.2, -0.15) is 4.98 Å². The van der Waals surface area contributed by atoms with Crippen LogP contribution in [-0.2, 0) is 0 Å². The normalized spacial score (nSPS) is 16.8. The molecule has 2 heterocycles. The number of nitrogens with one attached hydrogen (secondary N) is 1. The summed E-state index contributed by atoms with van der Waals surface area (Å²) in [6.07, 6.45) is 2.44. The van der Waals surface area contributed by atoms with Gasteiger partial charge >= 0.3 is 6.03 Å². The minimum Gasteiger partial charge on any atom is -0.337 e. The molecule has 4 rings (SSSR count). The molecule has 8 heteroatoms. The summed E-state index contributed by atoms with van der Waals surface area (Å²) in [4.78, 5) is 18.8. The molecule has 0 spiro atoms. The minimum atomic E-state index is -1.02. The van der Waals surface area contributed by atoms with Crippen LogP contribution in [0.3, 0.4) is 0 Å². The topological polar surface area (TPSA) is 71.3 Å². The first-order valence-electron chi connectivity index (χ1n) is 9.03. The van der Waals surface area contributed by atoms with Gasteiger partial charge < -0.3 is 14.7 Å². The Labute approximate surface area is 160 Å². The van der Waals surface area contributed by atoms with Crippen LogP contribution in [0, 0.1) is 11.6 Å². The number of rotatable bonds is 3. The van der Waals surface area contributed by atoms with Crippen molar-refractivity contribution in [1.29, 1.82) is 0 Å². The smallest absolute Gasteiger partial charge is 0.322 e. The predicted molar refractivity (Wildman–Crippen MR) is 98.4 cm³/mol. The van der Waals surface area contributed by atoms with Crippen LogP contribution in [0.25, 0.3) is 11.4 Å². The summed E-state index contributed by atoms with van der Waals surface area (Å²) in [5.41, 5.74) is 1.01. The molecule has 3 aromatic rings. The van der Waals surface area contributed by atoms with Gasteiger partial charge in [0.05, 0.1) is 0 Å². The Morgan fingerprint density at radius 2 is 1.93 bits per heavy atom. The first kappa shape index (κ1) is 18.1. The highest BCUT2D eigenvalue weighted by molar-refractivity contribution is 5.89. The number of hydrogen-bond donors (Lipinski definition) is 1. The maximum absolute atomic E-state index is 13.4. The Morgan fingerprint density at radius 3 is 2.71 bits per heavy atom. The molecule has 144 valence electrons. The summed E-state index contributed by atoms with van der Waals surface area (Å²) in [5.74, 6) is -1.16. The molecule has 0 bridgehead atoms. The molecule has 2 amide bonds. The highest BCUT2D eigenvalue weighted by Gasteiger charge is 2.32. The zero-order valence-electron chi connectivity index (χ0n) is 14.9. The number of benzene rings is 2. The summed E-state index contributed by atoms with van der Waals surface area (Å²) in [7, 11) is 0. The lowest BCUT2D eigenvalue weighted by Crippen LogP contribution is -2.41. The largest absolute Gasteiger partial charge is 0.337 e. The number of likely N-dealkylation sites (tertiary alicyclic amines) is 1. The molecule has 1 atom stereocenters. The monoisotopic (exact) mass is 384 g/mol. The third kappa shape index (κ3) is 3.71. The number of carbonyl (C=O) groups is 1. The van der Waals surface area contributed by atoms with E-state index in [1.807, 2.05) is 30.3 Å². The third-order valence-corrected chi connectivity index (χ3v) is 4.69. The van der Waals surface area contributed by atoms with E-state index >= 15 is 0 Å². The molecule has 0 aliphatic carbocycles. The van der Waals surface area contributed by atoms with Crippen molar-refractivity contribution in [3.8, 4) is 11.4 Å². The van der Waals surface area contributed by atoms with E-state index in [9.17, 15) is 13.6 Å². The van der Waals surface area contributed by atoms with Gasteiger partial charge in [-0.3, -0.25) is 0 Å². The van der Waals surface area contributed by atoms with Gasteiger partial charge in [0.25, 0.3) is 0 Å². The summed E-state index contributed by atoms with van der Waals surface area (Å²) in [5, 5.41) is 6.63. The zero-order chi connectivity index (χ0) is 19.5. The molecule has 6 nitrogen and oxygen atoms in total. The van der Waals surface area contributed by atoms with Crippen molar-refractivity contribution in [3.63, 3.8) is 0 Å². The first-order chi connectivity index (χ1) is 13.6. The molecule has 2 aromatic carbocycles. The quantitative estimate of drug-likeness (QED) is 0.706. The molecule has 1 N–H and O–H groups in total. The van der Waals surface area contributed by atoms with Crippen LogP contribution in [0.15, 0.2) is 53.1 Å². The molecular formula is C20H18F2N4O2. The number of urea groups is 1. The predicted octanol–water partition coefficient (Wildman–Crippen LogP) is 4.77. The van der Waals surface area contributed by atoms with Crippen molar-refractivity contribution in [3.05, 3.63) is 66.1 Å². The Hall–Kier alpha value is -3.29. The lowest BCUT2D eigenvalue weighted by Gasteiger charge is -2.33. The number of carbonyl (C=O) groups excluding carboxylic acids is 1. The van der Waals surface area contributed by atoms with Crippen LogP contribution in [-0.4, -0.2) is 27.6 Å². The number of hydrogen-bond acceptors (Lipinski definition) is 4. The van der Waals surface area contributed by atoms with E-state index in [1.165, 1.54) is 6.07 Å². The summed E-state index contributed by atoms with van der Waals surface area (Å²) in [6, 6.07) is 11.9. The van der Waals surface area contributed by atoms with Gasteiger partial charge in [-0.15, -0.1) is 0 Å². The Morgan fingerprint density at radius 1 is 1.11 bits per heavy atom. The third-order valence-electron chi connectivity index (χ3n) is 4.69. The Kier molecular flexibility index (Phi) is 5.01. The molecular weight excluding hydrogens is 366 g/mol. The zero-order valence-corrected chi connectivity index (χ0v) is 14.9. The van der Waals surface area contributed by atoms with E-state index in [0.29, 0.717) is 24.7 Å². The van der Waals surface area contributed by atoms with Crippen molar-refractivity contribution in [1.82, 2.24) is 15.0 Å². The molecule has 0 saturated carbocycles. The lowest BCUT2D eigenvalue weighted by atomic mass is 10.0. The van der Waals surface area contributed by atoms with Gasteiger partial charge in [-0.1, -0.05) is 35.5 Å². The van der Waals surface area contributed by atoms with Gasteiger partial charge in [0.1, 0.15) is 6.04 Å². The van der Waals surface area contributed by atoms with Crippen molar-refractivity contribution in [2.75, 3.05) is 11.9 Å². The van der Waals surface area contributed by atoms with Crippen molar-refractivity contribution in [2.45, 2.75) is 25.3 Å². The number of aromatic nitrogens is 2.